The van der Waals surface area contributed by atoms with Crippen molar-refractivity contribution < 1.29 is 9.90 Å². The zero-order chi connectivity index (χ0) is 13.1. The van der Waals surface area contributed by atoms with E-state index in [-0.39, 0.29) is 5.56 Å². The number of hydrogen-bond acceptors (Lipinski definition) is 3. The molecule has 4 heteroatoms. The van der Waals surface area contributed by atoms with E-state index in [4.69, 9.17) is 5.11 Å². The molecule has 0 aliphatic heterocycles. The molecule has 0 spiro atoms. The Balaban J connectivity index is 2.14. The minimum absolute atomic E-state index is 0.259. The van der Waals surface area contributed by atoms with E-state index in [0.29, 0.717) is 11.7 Å². The lowest BCUT2D eigenvalue weighted by atomic mass is 10.1. The molecule has 1 heterocycles. The van der Waals surface area contributed by atoms with Crippen LogP contribution >= 0.6 is 0 Å². The Morgan fingerprint density at radius 3 is 2.89 bits per heavy atom. The Bertz CT molecular complexity index is 441. The Morgan fingerprint density at radius 1 is 1.61 bits per heavy atom. The maximum absolute atomic E-state index is 11.2. The summed E-state index contributed by atoms with van der Waals surface area (Å²) in [4.78, 5) is 15.2. The number of carbonyl (C=O) groups is 1. The maximum atomic E-state index is 11.2. The van der Waals surface area contributed by atoms with E-state index in [1.165, 1.54) is 19.0 Å². The van der Waals surface area contributed by atoms with Crippen LogP contribution in [0.15, 0.2) is 12.3 Å². The Kier molecular flexibility index (Phi) is 3.84. The van der Waals surface area contributed by atoms with Crippen molar-refractivity contribution in [3.05, 3.63) is 23.5 Å². The first-order chi connectivity index (χ1) is 8.60. The number of nitrogens with one attached hydrogen (secondary N) is 1. The van der Waals surface area contributed by atoms with Crippen molar-refractivity contribution in [1.29, 1.82) is 0 Å². The monoisotopic (exact) mass is 248 g/mol. The molecule has 1 aliphatic carbocycles. The lowest BCUT2D eigenvalue weighted by molar-refractivity contribution is 0.0697. The van der Waals surface area contributed by atoms with E-state index in [0.717, 1.165) is 24.5 Å². The first-order valence-electron chi connectivity index (χ1n) is 6.56. The van der Waals surface area contributed by atoms with Crippen LogP contribution in [0.25, 0.3) is 0 Å². The summed E-state index contributed by atoms with van der Waals surface area (Å²) in [5.41, 5.74) is 1.79. The van der Waals surface area contributed by atoms with E-state index >= 15 is 0 Å². The summed E-state index contributed by atoms with van der Waals surface area (Å²) < 4.78 is 0. The zero-order valence-electron chi connectivity index (χ0n) is 10.9. The average molecular weight is 248 g/mol. The number of carboxylic acid groups (broad SMARTS) is 1. The third-order valence-electron chi connectivity index (χ3n) is 3.44. The molecular formula is C14H20N2O2. The van der Waals surface area contributed by atoms with Gasteiger partial charge in [-0.1, -0.05) is 19.8 Å². The summed E-state index contributed by atoms with van der Waals surface area (Å²) >= 11 is 0. The van der Waals surface area contributed by atoms with Crippen LogP contribution in [0.3, 0.4) is 0 Å². The Morgan fingerprint density at radius 2 is 2.33 bits per heavy atom. The van der Waals surface area contributed by atoms with Crippen LogP contribution in [0.4, 0.5) is 5.69 Å². The quantitative estimate of drug-likeness (QED) is 0.812. The van der Waals surface area contributed by atoms with Crippen molar-refractivity contribution >= 4 is 11.7 Å². The van der Waals surface area contributed by atoms with E-state index in [1.54, 1.807) is 0 Å². The molecule has 0 radical (unpaired) electrons. The van der Waals surface area contributed by atoms with Crippen molar-refractivity contribution in [2.75, 3.05) is 5.32 Å². The average Bonchev–Trinajstić information content (AvgIpc) is 3.11. The highest BCUT2D eigenvalue weighted by atomic mass is 16.4. The highest BCUT2D eigenvalue weighted by Gasteiger charge is 2.25. The number of nitrogens with zero attached hydrogens (tertiary/aromatic N) is 1. The molecule has 1 atom stereocenters. The first kappa shape index (κ1) is 12.9. The Labute approximate surface area is 107 Å². The molecule has 1 fully saturated rings. The van der Waals surface area contributed by atoms with Gasteiger partial charge in [0.1, 0.15) is 5.56 Å². The van der Waals surface area contributed by atoms with Gasteiger partial charge in [0.05, 0.1) is 5.69 Å². The molecule has 2 N–H and O–H groups in total. The van der Waals surface area contributed by atoms with Gasteiger partial charge < -0.3 is 10.4 Å². The number of rotatable bonds is 6. The lowest BCUT2D eigenvalue weighted by Crippen LogP contribution is -2.21. The predicted octanol–water partition coefficient (Wildman–Crippen LogP) is 3.08. The van der Waals surface area contributed by atoms with Crippen molar-refractivity contribution in [2.24, 2.45) is 5.92 Å². The van der Waals surface area contributed by atoms with Gasteiger partial charge in [-0.15, -0.1) is 0 Å². The van der Waals surface area contributed by atoms with Crippen molar-refractivity contribution in [3.63, 3.8) is 0 Å². The molecule has 98 valence electrons. The number of aromatic nitrogens is 1. The molecular weight excluding hydrogens is 228 g/mol. The van der Waals surface area contributed by atoms with Crippen molar-refractivity contribution in [2.45, 2.75) is 45.6 Å². The van der Waals surface area contributed by atoms with Crippen molar-refractivity contribution in [3.8, 4) is 0 Å². The van der Waals surface area contributed by atoms with Crippen LogP contribution in [-0.4, -0.2) is 22.1 Å². The second kappa shape index (κ2) is 5.38. The smallest absolute Gasteiger partial charge is 0.339 e. The standard InChI is InChI=1S/C14H20N2O2/c1-3-11(7-10-4-5-10)16-13-6-9(2)15-8-12(13)14(17)18/h6,8,10-11H,3-5,7H2,1-2H3,(H,15,16)(H,17,18). The number of aromatic carboxylic acids is 1. The van der Waals surface area contributed by atoms with Gasteiger partial charge in [0.25, 0.3) is 0 Å². The summed E-state index contributed by atoms with van der Waals surface area (Å²) in [7, 11) is 0. The molecule has 0 saturated heterocycles. The van der Waals surface area contributed by atoms with Gasteiger partial charge in [-0.25, -0.2) is 4.79 Å². The van der Waals surface area contributed by atoms with Gasteiger partial charge >= 0.3 is 5.97 Å². The largest absolute Gasteiger partial charge is 0.478 e. The third-order valence-corrected chi connectivity index (χ3v) is 3.44. The van der Waals surface area contributed by atoms with Crippen LogP contribution in [0.2, 0.25) is 0 Å². The predicted molar refractivity (Wildman–Crippen MR) is 71.0 cm³/mol. The second-order valence-corrected chi connectivity index (χ2v) is 5.11. The number of pyridine rings is 1. The van der Waals surface area contributed by atoms with Crippen molar-refractivity contribution in [1.82, 2.24) is 4.98 Å². The summed E-state index contributed by atoms with van der Waals surface area (Å²) in [6.45, 7) is 4.01. The molecule has 1 aromatic rings. The molecule has 0 aromatic carbocycles. The fourth-order valence-electron chi connectivity index (χ4n) is 2.15. The number of carboxylic acids is 1. The van der Waals surface area contributed by atoms with E-state index < -0.39 is 5.97 Å². The molecule has 1 aliphatic rings. The van der Waals surface area contributed by atoms with Crippen LogP contribution in [0.5, 0.6) is 0 Å². The summed E-state index contributed by atoms with van der Waals surface area (Å²) in [6.07, 6.45) is 6.22. The zero-order valence-corrected chi connectivity index (χ0v) is 10.9. The fourth-order valence-corrected chi connectivity index (χ4v) is 2.15. The van der Waals surface area contributed by atoms with E-state index in [2.05, 4.69) is 17.2 Å². The molecule has 4 nitrogen and oxygen atoms in total. The van der Waals surface area contributed by atoms with Gasteiger partial charge in [-0.3, -0.25) is 4.98 Å². The first-order valence-corrected chi connectivity index (χ1v) is 6.56. The van der Waals surface area contributed by atoms with Crippen LogP contribution in [-0.2, 0) is 0 Å². The maximum Gasteiger partial charge on any atom is 0.339 e. The third kappa shape index (κ3) is 3.22. The minimum Gasteiger partial charge on any atom is -0.478 e. The number of anilines is 1. The van der Waals surface area contributed by atoms with E-state index in [1.807, 2.05) is 13.0 Å². The minimum atomic E-state index is -0.925. The van der Waals surface area contributed by atoms with Gasteiger partial charge in [0.15, 0.2) is 0 Å². The molecule has 1 aromatic heterocycles. The molecule has 18 heavy (non-hydrogen) atoms. The highest BCUT2D eigenvalue weighted by molar-refractivity contribution is 5.93. The van der Waals surface area contributed by atoms with Crippen LogP contribution in [0, 0.1) is 12.8 Å². The highest BCUT2D eigenvalue weighted by Crippen LogP contribution is 2.35. The molecule has 1 saturated carbocycles. The molecule has 2 rings (SSSR count). The Hall–Kier alpha value is -1.58. The number of hydrogen-bond donors (Lipinski definition) is 2. The van der Waals surface area contributed by atoms with Gasteiger partial charge in [-0.2, -0.15) is 0 Å². The fraction of sp³-hybridized carbons (Fsp3) is 0.571. The topological polar surface area (TPSA) is 62.2 Å². The second-order valence-electron chi connectivity index (χ2n) is 5.11. The molecule has 0 bridgehead atoms. The van der Waals surface area contributed by atoms with E-state index in [9.17, 15) is 4.79 Å². The normalized spacial score (nSPS) is 16.3. The van der Waals surface area contributed by atoms with Crippen LogP contribution in [0.1, 0.15) is 48.7 Å². The summed E-state index contributed by atoms with van der Waals surface area (Å²) in [5, 5.41) is 12.5. The molecule has 1 unspecified atom stereocenters. The summed E-state index contributed by atoms with van der Waals surface area (Å²) in [6, 6.07) is 2.18. The van der Waals surface area contributed by atoms with Gasteiger partial charge in [0, 0.05) is 17.9 Å². The lowest BCUT2D eigenvalue weighted by Gasteiger charge is -2.19. The summed E-state index contributed by atoms with van der Waals surface area (Å²) in [5.74, 6) is -0.0927. The van der Waals surface area contributed by atoms with Gasteiger partial charge in [-0.05, 0) is 31.7 Å². The van der Waals surface area contributed by atoms with Gasteiger partial charge in [0.2, 0.25) is 0 Å². The molecule has 0 amide bonds. The van der Waals surface area contributed by atoms with Crippen LogP contribution < -0.4 is 5.32 Å². The number of aryl methyl sites for hydroxylation is 1. The SMILES string of the molecule is CCC(CC1CC1)Nc1cc(C)ncc1C(=O)O.